The van der Waals surface area contributed by atoms with Crippen LogP contribution in [-0.2, 0) is 24.2 Å². The molecule has 0 fully saturated rings. The zero-order chi connectivity index (χ0) is 23.2. The Hall–Kier alpha value is -3.60. The molecule has 0 radical (unpaired) electrons. The van der Waals surface area contributed by atoms with Crippen LogP contribution in [0.25, 0.3) is 0 Å². The molecule has 5 nitrogen and oxygen atoms in total. The molecule has 168 valence electrons. The van der Waals surface area contributed by atoms with E-state index in [1.807, 2.05) is 37.3 Å². The molecule has 3 aromatic rings. The van der Waals surface area contributed by atoms with E-state index in [0.717, 1.165) is 24.1 Å². The van der Waals surface area contributed by atoms with Gasteiger partial charge in [0, 0.05) is 11.3 Å². The van der Waals surface area contributed by atoms with Crippen molar-refractivity contribution in [2.24, 2.45) is 0 Å². The average molecular weight is 441 g/mol. The predicted octanol–water partition coefficient (Wildman–Crippen LogP) is 5.44. The van der Waals surface area contributed by atoms with Gasteiger partial charge >= 0.3 is 0 Å². The van der Waals surface area contributed by atoms with Crippen LogP contribution in [-0.4, -0.2) is 17.4 Å². The van der Waals surface area contributed by atoms with Crippen LogP contribution in [0.3, 0.4) is 0 Å². The quantitative estimate of drug-likeness (QED) is 0.588. The van der Waals surface area contributed by atoms with E-state index in [2.05, 4.69) is 17.4 Å². The number of fused-ring (bicyclic) bond motifs is 2. The van der Waals surface area contributed by atoms with Crippen molar-refractivity contribution in [1.82, 2.24) is 0 Å². The fourth-order valence-corrected chi connectivity index (χ4v) is 4.59. The van der Waals surface area contributed by atoms with Gasteiger partial charge in [-0.15, -0.1) is 0 Å². The molecule has 0 aromatic heterocycles. The summed E-state index contributed by atoms with van der Waals surface area (Å²) in [5, 5.41) is 3.01. The summed E-state index contributed by atoms with van der Waals surface area (Å²) in [4.78, 5) is 28.0. The van der Waals surface area contributed by atoms with Gasteiger partial charge in [0.1, 0.15) is 5.75 Å². The fraction of sp³-hybridized carbons (Fsp3) is 0.286. The van der Waals surface area contributed by atoms with Crippen LogP contribution in [0.1, 0.15) is 52.9 Å². The molecule has 0 bridgehead atoms. The number of aryl methyl sites for hydroxylation is 3. The van der Waals surface area contributed by atoms with Gasteiger partial charge in [-0.25, -0.2) is 0 Å². The Morgan fingerprint density at radius 3 is 2.55 bits per heavy atom. The van der Waals surface area contributed by atoms with Crippen molar-refractivity contribution < 1.29 is 14.3 Å². The van der Waals surface area contributed by atoms with E-state index in [-0.39, 0.29) is 11.8 Å². The Kier molecular flexibility index (Phi) is 5.20. The highest BCUT2D eigenvalue weighted by molar-refractivity contribution is 6.07. The summed E-state index contributed by atoms with van der Waals surface area (Å²) in [6.07, 6.45) is 3.33. The van der Waals surface area contributed by atoms with Gasteiger partial charge in [-0.2, -0.15) is 0 Å². The zero-order valence-electron chi connectivity index (χ0n) is 19.3. The largest absolute Gasteiger partial charge is 0.476 e. The van der Waals surface area contributed by atoms with E-state index in [4.69, 9.17) is 4.74 Å². The van der Waals surface area contributed by atoms with Gasteiger partial charge < -0.3 is 15.0 Å². The van der Waals surface area contributed by atoms with E-state index in [0.29, 0.717) is 23.5 Å². The molecule has 1 heterocycles. The lowest BCUT2D eigenvalue weighted by Crippen LogP contribution is -2.52. The van der Waals surface area contributed by atoms with Crippen molar-refractivity contribution in [2.45, 2.75) is 52.2 Å². The second kappa shape index (κ2) is 8.07. The number of benzene rings is 3. The van der Waals surface area contributed by atoms with Crippen molar-refractivity contribution in [3.8, 4) is 5.75 Å². The molecule has 1 aliphatic heterocycles. The molecule has 33 heavy (non-hydrogen) atoms. The number of hydrogen-bond donors (Lipinski definition) is 1. The van der Waals surface area contributed by atoms with Crippen molar-refractivity contribution in [1.29, 1.82) is 0 Å². The summed E-state index contributed by atoms with van der Waals surface area (Å²) < 4.78 is 6.00. The number of amides is 2. The van der Waals surface area contributed by atoms with E-state index in [1.54, 1.807) is 36.9 Å². The van der Waals surface area contributed by atoms with Crippen LogP contribution in [0.4, 0.5) is 11.4 Å². The lowest BCUT2D eigenvalue weighted by molar-refractivity contribution is -0.132. The maximum atomic E-state index is 13.3. The second-order valence-corrected chi connectivity index (χ2v) is 9.46. The van der Waals surface area contributed by atoms with Crippen LogP contribution in [0.2, 0.25) is 0 Å². The van der Waals surface area contributed by atoms with Gasteiger partial charge in [0.15, 0.2) is 5.60 Å². The molecule has 5 heteroatoms. The number of hydrogen-bond acceptors (Lipinski definition) is 3. The third-order valence-electron chi connectivity index (χ3n) is 6.45. The maximum absolute atomic E-state index is 13.3. The lowest BCUT2D eigenvalue weighted by atomic mass is 10.0. The SMILES string of the molecule is Cc1ccc(CN2C(=O)C(C)(C)Oc3ccc(C(=O)Nc4ccc5c(c4)CCC5)cc32)cc1. The topological polar surface area (TPSA) is 58.6 Å². The summed E-state index contributed by atoms with van der Waals surface area (Å²) in [6.45, 7) is 5.99. The number of anilines is 2. The highest BCUT2D eigenvalue weighted by Crippen LogP contribution is 2.39. The van der Waals surface area contributed by atoms with Gasteiger partial charge in [-0.05, 0) is 87.1 Å². The van der Waals surface area contributed by atoms with Crippen LogP contribution in [0, 0.1) is 6.92 Å². The Labute approximate surface area is 194 Å². The smallest absolute Gasteiger partial charge is 0.271 e. The maximum Gasteiger partial charge on any atom is 0.271 e. The van der Waals surface area contributed by atoms with Crippen molar-refractivity contribution >= 4 is 23.2 Å². The lowest BCUT2D eigenvalue weighted by Gasteiger charge is -2.39. The van der Waals surface area contributed by atoms with Crippen LogP contribution in [0.15, 0.2) is 60.7 Å². The van der Waals surface area contributed by atoms with Crippen LogP contribution in [0.5, 0.6) is 5.75 Å². The normalized spacial score (nSPS) is 16.1. The number of carbonyl (C=O) groups excluding carboxylic acids is 2. The predicted molar refractivity (Wildman–Crippen MR) is 130 cm³/mol. The first-order chi connectivity index (χ1) is 15.8. The Bertz CT molecular complexity index is 1240. The molecule has 0 unspecified atom stereocenters. The minimum absolute atomic E-state index is 0.133. The Morgan fingerprint density at radius 1 is 1.00 bits per heavy atom. The summed E-state index contributed by atoms with van der Waals surface area (Å²) in [5.41, 5.74) is 5.77. The molecular weight excluding hydrogens is 412 g/mol. The summed E-state index contributed by atoms with van der Waals surface area (Å²) in [5.74, 6) is 0.260. The monoisotopic (exact) mass is 440 g/mol. The van der Waals surface area contributed by atoms with Gasteiger partial charge in [0.05, 0.1) is 12.2 Å². The molecule has 0 saturated heterocycles. The minimum atomic E-state index is -0.980. The van der Waals surface area contributed by atoms with Crippen molar-refractivity contribution in [2.75, 3.05) is 10.2 Å². The number of carbonyl (C=O) groups is 2. The fourth-order valence-electron chi connectivity index (χ4n) is 4.59. The third kappa shape index (κ3) is 4.11. The number of nitrogens with zero attached hydrogens (tertiary/aromatic N) is 1. The van der Waals surface area contributed by atoms with Crippen molar-refractivity contribution in [3.05, 3.63) is 88.5 Å². The first-order valence-electron chi connectivity index (χ1n) is 11.4. The van der Waals surface area contributed by atoms with Gasteiger partial charge in [-0.3, -0.25) is 9.59 Å². The van der Waals surface area contributed by atoms with E-state index in [1.165, 1.54) is 23.1 Å². The molecule has 0 saturated carbocycles. The molecule has 3 aromatic carbocycles. The van der Waals surface area contributed by atoms with E-state index < -0.39 is 5.60 Å². The molecule has 0 spiro atoms. The van der Waals surface area contributed by atoms with E-state index >= 15 is 0 Å². The highest BCUT2D eigenvalue weighted by Gasteiger charge is 2.41. The molecule has 2 amide bonds. The van der Waals surface area contributed by atoms with Crippen molar-refractivity contribution in [3.63, 3.8) is 0 Å². The van der Waals surface area contributed by atoms with Gasteiger partial charge in [0.2, 0.25) is 0 Å². The molecule has 5 rings (SSSR count). The summed E-state index contributed by atoms with van der Waals surface area (Å²) in [6, 6.07) is 19.5. The van der Waals surface area contributed by atoms with Crippen LogP contribution < -0.4 is 15.0 Å². The Balaban J connectivity index is 1.44. The first-order valence-corrected chi connectivity index (χ1v) is 11.4. The van der Waals surface area contributed by atoms with Gasteiger partial charge in [0.25, 0.3) is 11.8 Å². The summed E-state index contributed by atoms with van der Waals surface area (Å²) >= 11 is 0. The van der Waals surface area contributed by atoms with Gasteiger partial charge in [-0.1, -0.05) is 35.9 Å². The number of rotatable bonds is 4. The summed E-state index contributed by atoms with van der Waals surface area (Å²) in [7, 11) is 0. The molecular formula is C28H28N2O3. The first kappa shape index (κ1) is 21.3. The Morgan fingerprint density at radius 2 is 1.76 bits per heavy atom. The average Bonchev–Trinajstić information content (AvgIpc) is 3.26. The van der Waals surface area contributed by atoms with Crippen LogP contribution >= 0.6 is 0 Å². The standard InChI is InChI=1S/C28H28N2O3/c1-18-7-9-19(10-8-18)17-30-24-16-22(12-14-25(24)33-28(2,3)27(30)32)26(31)29-23-13-11-20-5-4-6-21(20)15-23/h7-16H,4-6,17H2,1-3H3,(H,29,31). The van der Waals surface area contributed by atoms with E-state index in [9.17, 15) is 9.59 Å². The number of nitrogens with one attached hydrogen (secondary N) is 1. The third-order valence-corrected chi connectivity index (χ3v) is 6.45. The molecule has 1 aliphatic carbocycles. The molecule has 0 atom stereocenters. The zero-order valence-corrected chi connectivity index (χ0v) is 19.3. The number of ether oxygens (including phenoxy) is 1. The molecule has 2 aliphatic rings. The minimum Gasteiger partial charge on any atom is -0.476 e. The highest BCUT2D eigenvalue weighted by atomic mass is 16.5. The molecule has 1 N–H and O–H groups in total. The second-order valence-electron chi connectivity index (χ2n) is 9.46.